The van der Waals surface area contributed by atoms with Crippen molar-refractivity contribution < 1.29 is 9.53 Å². The maximum Gasteiger partial charge on any atom is 0.264 e. The van der Waals surface area contributed by atoms with E-state index in [2.05, 4.69) is 9.88 Å². The Morgan fingerprint density at radius 1 is 1.24 bits per heavy atom. The molecule has 150 valence electrons. The monoisotopic (exact) mass is 430 g/mol. The van der Waals surface area contributed by atoms with Crippen LogP contribution in [-0.4, -0.2) is 57.4 Å². The molecule has 1 atom stereocenters. The number of nitrogens with zero attached hydrogens (tertiary/aromatic N) is 4. The molecule has 3 aromatic rings. The molecule has 1 amide bonds. The predicted octanol–water partition coefficient (Wildman–Crippen LogP) is 2.06. The van der Waals surface area contributed by atoms with E-state index in [0.717, 1.165) is 30.1 Å². The Balaban J connectivity index is 1.19. The molecule has 1 fully saturated rings. The van der Waals surface area contributed by atoms with Gasteiger partial charge in [0.05, 0.1) is 5.69 Å². The first kappa shape index (κ1) is 18.6. The average molecular weight is 431 g/mol. The molecule has 0 bridgehead atoms. The summed E-state index contributed by atoms with van der Waals surface area (Å²) in [5.74, 6) is 0.765. The molecule has 2 aliphatic heterocycles. The number of fused-ring (bicyclic) bond motifs is 2. The van der Waals surface area contributed by atoms with Gasteiger partial charge in [-0.3, -0.25) is 18.9 Å². The molecule has 4 heterocycles. The SMILES string of the molecule is O=C(C1Cc2cc(Cl)ccc2O1)N1CCN(Cc2cc(=O)n3ccsc3n2)CC1. The highest BCUT2D eigenvalue weighted by molar-refractivity contribution is 7.15. The van der Waals surface area contributed by atoms with Crippen molar-refractivity contribution in [2.45, 2.75) is 19.1 Å². The molecule has 0 aliphatic carbocycles. The van der Waals surface area contributed by atoms with Crippen molar-refractivity contribution in [3.63, 3.8) is 0 Å². The number of piperazine rings is 1. The number of carbonyl (C=O) groups is 1. The molecule has 2 aromatic heterocycles. The standard InChI is InChI=1S/C20H19ClN4O3S/c21-14-1-2-16-13(9-14)10-17(28-16)19(27)24-5-3-23(4-6-24)12-15-11-18(26)25-7-8-29-20(25)22-15/h1-2,7-9,11,17H,3-6,10,12H2. The molecule has 0 N–H and O–H groups in total. The van der Waals surface area contributed by atoms with Gasteiger partial charge in [-0.15, -0.1) is 11.3 Å². The van der Waals surface area contributed by atoms with Gasteiger partial charge in [0.1, 0.15) is 5.75 Å². The summed E-state index contributed by atoms with van der Waals surface area (Å²) in [5, 5.41) is 2.51. The van der Waals surface area contributed by atoms with E-state index in [-0.39, 0.29) is 11.5 Å². The van der Waals surface area contributed by atoms with Crippen LogP contribution in [0.4, 0.5) is 0 Å². The van der Waals surface area contributed by atoms with Gasteiger partial charge in [-0.2, -0.15) is 0 Å². The number of amides is 1. The Labute approximate surface area is 176 Å². The highest BCUT2D eigenvalue weighted by Crippen LogP contribution is 2.31. The highest BCUT2D eigenvalue weighted by atomic mass is 35.5. The van der Waals surface area contributed by atoms with Crippen LogP contribution in [0.2, 0.25) is 5.02 Å². The largest absolute Gasteiger partial charge is 0.480 e. The van der Waals surface area contributed by atoms with Crippen molar-refractivity contribution in [2.75, 3.05) is 26.2 Å². The molecule has 5 rings (SSSR count). The zero-order valence-corrected chi connectivity index (χ0v) is 17.2. The predicted molar refractivity (Wildman–Crippen MR) is 111 cm³/mol. The number of rotatable bonds is 3. The molecule has 0 saturated carbocycles. The Kier molecular flexibility index (Phi) is 4.77. The summed E-state index contributed by atoms with van der Waals surface area (Å²) in [6, 6.07) is 7.05. The van der Waals surface area contributed by atoms with Crippen LogP contribution < -0.4 is 10.3 Å². The van der Waals surface area contributed by atoms with Crippen molar-refractivity contribution in [2.24, 2.45) is 0 Å². The smallest absolute Gasteiger partial charge is 0.264 e. The van der Waals surface area contributed by atoms with E-state index in [1.807, 2.05) is 22.4 Å². The summed E-state index contributed by atoms with van der Waals surface area (Å²) in [5.41, 5.74) is 1.69. The van der Waals surface area contributed by atoms with Gasteiger partial charge >= 0.3 is 0 Å². The number of aromatic nitrogens is 2. The van der Waals surface area contributed by atoms with Gasteiger partial charge in [0.2, 0.25) is 0 Å². The third-order valence-corrected chi connectivity index (χ3v) is 6.39. The third-order valence-electron chi connectivity index (χ3n) is 5.40. The molecule has 1 aromatic carbocycles. The first-order chi connectivity index (χ1) is 14.1. The van der Waals surface area contributed by atoms with Crippen LogP contribution in [0.15, 0.2) is 40.6 Å². The first-order valence-corrected chi connectivity index (χ1v) is 10.7. The van der Waals surface area contributed by atoms with E-state index in [0.29, 0.717) is 36.0 Å². The van der Waals surface area contributed by atoms with Gasteiger partial charge in [-0.1, -0.05) is 11.6 Å². The van der Waals surface area contributed by atoms with Crippen LogP contribution in [0.1, 0.15) is 11.3 Å². The van der Waals surface area contributed by atoms with E-state index in [9.17, 15) is 9.59 Å². The summed E-state index contributed by atoms with van der Waals surface area (Å²) < 4.78 is 7.39. The summed E-state index contributed by atoms with van der Waals surface area (Å²) >= 11 is 7.49. The lowest BCUT2D eigenvalue weighted by Gasteiger charge is -2.35. The zero-order chi connectivity index (χ0) is 20.0. The van der Waals surface area contributed by atoms with Crippen molar-refractivity contribution in [1.29, 1.82) is 0 Å². The number of thiazole rings is 1. The van der Waals surface area contributed by atoms with Crippen molar-refractivity contribution in [3.05, 3.63) is 62.5 Å². The lowest BCUT2D eigenvalue weighted by atomic mass is 10.1. The minimum Gasteiger partial charge on any atom is -0.480 e. The van der Waals surface area contributed by atoms with Crippen LogP contribution in [0.25, 0.3) is 4.96 Å². The van der Waals surface area contributed by atoms with E-state index in [1.54, 1.807) is 22.7 Å². The summed E-state index contributed by atoms with van der Waals surface area (Å²) in [6.45, 7) is 3.35. The number of hydrogen-bond donors (Lipinski definition) is 0. The molecule has 7 nitrogen and oxygen atoms in total. The van der Waals surface area contributed by atoms with Crippen LogP contribution in [-0.2, 0) is 17.8 Å². The minimum absolute atomic E-state index is 0.0216. The Morgan fingerprint density at radius 2 is 2.07 bits per heavy atom. The lowest BCUT2D eigenvalue weighted by molar-refractivity contribution is -0.139. The summed E-state index contributed by atoms with van der Waals surface area (Å²) in [7, 11) is 0. The molecule has 9 heteroatoms. The topological polar surface area (TPSA) is 67.2 Å². The van der Waals surface area contributed by atoms with Gasteiger partial charge < -0.3 is 9.64 Å². The Bertz CT molecular complexity index is 1140. The zero-order valence-electron chi connectivity index (χ0n) is 15.6. The minimum atomic E-state index is -0.474. The van der Waals surface area contributed by atoms with Gasteiger partial charge in [-0.05, 0) is 23.8 Å². The number of ether oxygens (including phenoxy) is 1. The molecular formula is C20H19ClN4O3S. The van der Waals surface area contributed by atoms with Gasteiger partial charge in [0, 0.05) is 61.8 Å². The number of halogens is 1. The Hall–Kier alpha value is -2.42. The van der Waals surface area contributed by atoms with Crippen molar-refractivity contribution >= 4 is 33.8 Å². The van der Waals surface area contributed by atoms with E-state index < -0.39 is 6.10 Å². The molecule has 1 unspecified atom stereocenters. The van der Waals surface area contributed by atoms with E-state index >= 15 is 0 Å². The first-order valence-electron chi connectivity index (χ1n) is 9.49. The molecule has 2 aliphatic rings. The number of carbonyl (C=O) groups excluding carboxylic acids is 1. The van der Waals surface area contributed by atoms with Gasteiger partial charge in [0.15, 0.2) is 11.1 Å². The third kappa shape index (κ3) is 3.63. The maximum absolute atomic E-state index is 12.9. The highest BCUT2D eigenvalue weighted by Gasteiger charge is 2.34. The van der Waals surface area contributed by atoms with Gasteiger partial charge in [-0.25, -0.2) is 4.98 Å². The van der Waals surface area contributed by atoms with Crippen LogP contribution in [0.3, 0.4) is 0 Å². The molecule has 1 saturated heterocycles. The molecule has 29 heavy (non-hydrogen) atoms. The Morgan fingerprint density at radius 3 is 2.90 bits per heavy atom. The number of hydrogen-bond acceptors (Lipinski definition) is 6. The lowest BCUT2D eigenvalue weighted by Crippen LogP contribution is -2.52. The average Bonchev–Trinajstić information content (AvgIpc) is 3.34. The summed E-state index contributed by atoms with van der Waals surface area (Å²) in [6.07, 6.45) is 1.82. The number of benzene rings is 1. The van der Waals surface area contributed by atoms with Crippen LogP contribution in [0.5, 0.6) is 5.75 Å². The van der Waals surface area contributed by atoms with E-state index in [4.69, 9.17) is 16.3 Å². The summed E-state index contributed by atoms with van der Waals surface area (Å²) in [4.78, 5) is 34.4. The fourth-order valence-corrected chi connectivity index (χ4v) is 4.82. The van der Waals surface area contributed by atoms with Crippen LogP contribution in [0, 0.1) is 0 Å². The van der Waals surface area contributed by atoms with Crippen molar-refractivity contribution in [3.8, 4) is 5.75 Å². The van der Waals surface area contributed by atoms with Crippen LogP contribution >= 0.6 is 22.9 Å². The van der Waals surface area contributed by atoms with Gasteiger partial charge in [0.25, 0.3) is 11.5 Å². The maximum atomic E-state index is 12.9. The fourth-order valence-electron chi connectivity index (χ4n) is 3.88. The molecule has 0 spiro atoms. The molecule has 0 radical (unpaired) electrons. The second-order valence-corrected chi connectivity index (χ2v) is 8.61. The second-order valence-electron chi connectivity index (χ2n) is 7.31. The second kappa shape index (κ2) is 7.44. The molecular weight excluding hydrogens is 412 g/mol. The van der Waals surface area contributed by atoms with E-state index in [1.165, 1.54) is 11.3 Å². The normalized spacial score (nSPS) is 19.3. The van der Waals surface area contributed by atoms with Crippen molar-refractivity contribution in [1.82, 2.24) is 19.2 Å². The quantitative estimate of drug-likeness (QED) is 0.636. The fraction of sp³-hybridized carbons (Fsp3) is 0.350.